The molecule has 6 rings (SSSR count). The van der Waals surface area contributed by atoms with Crippen LogP contribution < -0.4 is 4.90 Å². The van der Waals surface area contributed by atoms with Crippen LogP contribution in [0.4, 0.5) is 5.69 Å². The van der Waals surface area contributed by atoms with E-state index in [2.05, 4.69) is 97.7 Å². The van der Waals surface area contributed by atoms with E-state index in [0.717, 1.165) is 55.6 Å². The lowest BCUT2D eigenvalue weighted by molar-refractivity contribution is 0.0256. The molecule has 0 amide bonds. The lowest BCUT2D eigenvalue weighted by Gasteiger charge is -2.31. The topological polar surface area (TPSA) is 39.4 Å². The molecule has 35 heavy (non-hydrogen) atoms. The Morgan fingerprint density at radius 1 is 0.771 bits per heavy atom. The molecule has 0 spiro atoms. The minimum absolute atomic E-state index is 0.289. The Balaban J connectivity index is 1.83. The van der Waals surface area contributed by atoms with Gasteiger partial charge in [0, 0.05) is 83.8 Å². The fraction of sp³-hybridized carbons (Fsp3) is 0.233. The van der Waals surface area contributed by atoms with Crippen molar-refractivity contribution in [2.45, 2.75) is 19.4 Å². The molecular formula is C30H29N3O2. The van der Waals surface area contributed by atoms with Crippen molar-refractivity contribution in [3.63, 3.8) is 0 Å². The van der Waals surface area contributed by atoms with Crippen LogP contribution in [0.3, 0.4) is 0 Å². The molecule has 5 nitrogen and oxygen atoms in total. The zero-order chi connectivity index (χ0) is 24.6. The molecule has 3 heterocycles. The maximum Gasteiger partial charge on any atom is 0.340 e. The molecule has 0 radical (unpaired) electrons. The Kier molecular flexibility index (Phi) is 4.46. The van der Waals surface area contributed by atoms with Gasteiger partial charge in [0.05, 0.1) is 5.56 Å². The van der Waals surface area contributed by atoms with Gasteiger partial charge in [-0.2, -0.15) is 0 Å². The molecule has 1 aliphatic rings. The highest BCUT2D eigenvalue weighted by Crippen LogP contribution is 2.54. The summed E-state index contributed by atoms with van der Waals surface area (Å²) in [7, 11) is 8.13. The lowest BCUT2D eigenvalue weighted by Crippen LogP contribution is -2.31. The van der Waals surface area contributed by atoms with E-state index in [-0.39, 0.29) is 5.97 Å². The van der Waals surface area contributed by atoms with E-state index >= 15 is 0 Å². The predicted molar refractivity (Wildman–Crippen MR) is 141 cm³/mol. The van der Waals surface area contributed by atoms with Gasteiger partial charge in [0.15, 0.2) is 5.60 Å². The summed E-state index contributed by atoms with van der Waals surface area (Å²) in [5.74, 6) is -0.289. The number of esters is 1. The van der Waals surface area contributed by atoms with Gasteiger partial charge in [0.25, 0.3) is 0 Å². The lowest BCUT2D eigenvalue weighted by atomic mass is 9.77. The number of carbonyl (C=O) groups is 1. The summed E-state index contributed by atoms with van der Waals surface area (Å²) in [4.78, 5) is 15.7. The van der Waals surface area contributed by atoms with Crippen LogP contribution in [0.1, 0.15) is 38.4 Å². The first-order chi connectivity index (χ1) is 16.8. The number of hydrogen-bond acceptors (Lipinski definition) is 3. The number of cyclic esters (lactones) is 1. The molecule has 0 saturated heterocycles. The third-order valence-corrected chi connectivity index (χ3v) is 7.87. The third kappa shape index (κ3) is 2.66. The molecule has 5 heteroatoms. The normalized spacial score (nSPS) is 14.5. The SMILES string of the molecule is Cc1c(C2(c3c(C)n(C)c4ccccc34)OC(=O)c3cc(N(C)C)ccc32)c2ccccc2n1C. The standard InChI is InChI=1S/C30H29N3O2/c1-18-27(21-11-7-9-13-25(21)32(18)5)30(28-19(2)33(6)26-14-10-8-12-22(26)28)24-16-15-20(31(3)4)17-23(24)29(34)35-30/h7-17H,1-6H3. The first kappa shape index (κ1) is 21.5. The number of anilines is 1. The number of aryl methyl sites for hydroxylation is 2. The van der Waals surface area contributed by atoms with E-state index in [4.69, 9.17) is 4.74 Å². The van der Waals surface area contributed by atoms with E-state index in [9.17, 15) is 4.79 Å². The molecule has 0 fully saturated rings. The Bertz CT molecular complexity index is 1580. The first-order valence-electron chi connectivity index (χ1n) is 11.9. The van der Waals surface area contributed by atoms with E-state index in [1.165, 1.54) is 0 Å². The predicted octanol–water partition coefficient (Wildman–Crippen LogP) is 5.82. The Morgan fingerprint density at radius 2 is 1.29 bits per heavy atom. The minimum Gasteiger partial charge on any atom is -0.440 e. The van der Waals surface area contributed by atoms with E-state index in [1.807, 2.05) is 25.1 Å². The highest BCUT2D eigenvalue weighted by atomic mass is 16.6. The molecule has 2 aromatic heterocycles. The fourth-order valence-corrected chi connectivity index (χ4v) is 5.96. The number of fused-ring (bicyclic) bond motifs is 3. The summed E-state index contributed by atoms with van der Waals surface area (Å²) in [5.41, 5.74) is 7.88. The van der Waals surface area contributed by atoms with Gasteiger partial charge in [-0.25, -0.2) is 4.79 Å². The van der Waals surface area contributed by atoms with Crippen molar-refractivity contribution in [1.82, 2.24) is 9.13 Å². The number of carbonyl (C=O) groups excluding carboxylic acids is 1. The number of rotatable bonds is 3. The quantitative estimate of drug-likeness (QED) is 0.317. The Hall–Kier alpha value is -3.99. The van der Waals surface area contributed by atoms with E-state index < -0.39 is 5.60 Å². The van der Waals surface area contributed by atoms with Crippen LogP contribution in [-0.2, 0) is 24.4 Å². The average molecular weight is 464 g/mol. The third-order valence-electron chi connectivity index (χ3n) is 7.87. The summed E-state index contributed by atoms with van der Waals surface area (Å²) in [6.07, 6.45) is 0. The van der Waals surface area contributed by atoms with Gasteiger partial charge >= 0.3 is 5.97 Å². The second kappa shape index (κ2) is 7.25. The molecule has 3 aromatic carbocycles. The van der Waals surface area contributed by atoms with Gasteiger partial charge in [0.2, 0.25) is 0 Å². The molecule has 0 aliphatic carbocycles. The summed E-state index contributed by atoms with van der Waals surface area (Å²) < 4.78 is 11.0. The van der Waals surface area contributed by atoms with Crippen molar-refractivity contribution < 1.29 is 9.53 Å². The van der Waals surface area contributed by atoms with Crippen LogP contribution in [0.15, 0.2) is 66.7 Å². The van der Waals surface area contributed by atoms with Crippen molar-refractivity contribution in [2.24, 2.45) is 14.1 Å². The number of hydrogen-bond donors (Lipinski definition) is 0. The van der Waals surface area contributed by atoms with Gasteiger partial charge < -0.3 is 18.8 Å². The molecular weight excluding hydrogens is 434 g/mol. The number of benzene rings is 3. The fourth-order valence-electron chi connectivity index (χ4n) is 5.96. The van der Waals surface area contributed by atoms with Gasteiger partial charge in [0.1, 0.15) is 0 Å². The number of nitrogens with zero attached hydrogens (tertiary/aromatic N) is 3. The van der Waals surface area contributed by atoms with Crippen LogP contribution in [0.25, 0.3) is 21.8 Å². The Labute approximate surface area is 205 Å². The van der Waals surface area contributed by atoms with E-state index in [0.29, 0.717) is 5.56 Å². The molecule has 1 aliphatic heterocycles. The van der Waals surface area contributed by atoms with Crippen LogP contribution in [0, 0.1) is 13.8 Å². The van der Waals surface area contributed by atoms with Crippen molar-refractivity contribution in [3.8, 4) is 0 Å². The number of para-hydroxylation sites is 2. The van der Waals surface area contributed by atoms with Crippen molar-refractivity contribution in [2.75, 3.05) is 19.0 Å². The zero-order valence-corrected chi connectivity index (χ0v) is 21.0. The molecule has 0 N–H and O–H groups in total. The summed E-state index contributed by atoms with van der Waals surface area (Å²) in [6, 6.07) is 22.9. The monoisotopic (exact) mass is 463 g/mol. The van der Waals surface area contributed by atoms with Crippen molar-refractivity contribution in [1.29, 1.82) is 0 Å². The molecule has 176 valence electrons. The van der Waals surface area contributed by atoms with Crippen LogP contribution in [0.2, 0.25) is 0 Å². The number of ether oxygens (including phenoxy) is 1. The maximum atomic E-state index is 13.7. The van der Waals surface area contributed by atoms with Gasteiger partial charge in [-0.15, -0.1) is 0 Å². The highest BCUT2D eigenvalue weighted by molar-refractivity contribution is 6.02. The highest BCUT2D eigenvalue weighted by Gasteiger charge is 2.53. The largest absolute Gasteiger partial charge is 0.440 e. The van der Waals surface area contributed by atoms with Gasteiger partial charge in [-0.05, 0) is 38.1 Å². The van der Waals surface area contributed by atoms with E-state index in [1.54, 1.807) is 0 Å². The maximum absolute atomic E-state index is 13.7. The summed E-state index contributed by atoms with van der Waals surface area (Å²) in [6.45, 7) is 4.25. The summed E-state index contributed by atoms with van der Waals surface area (Å²) in [5, 5.41) is 2.19. The van der Waals surface area contributed by atoms with Crippen LogP contribution >= 0.6 is 0 Å². The zero-order valence-electron chi connectivity index (χ0n) is 21.0. The Morgan fingerprint density at radius 3 is 1.80 bits per heavy atom. The minimum atomic E-state index is -1.06. The molecule has 0 unspecified atom stereocenters. The summed E-state index contributed by atoms with van der Waals surface area (Å²) >= 11 is 0. The molecule has 0 saturated carbocycles. The molecule has 0 atom stereocenters. The molecule has 0 bridgehead atoms. The average Bonchev–Trinajstić information content (AvgIpc) is 3.40. The van der Waals surface area contributed by atoms with Gasteiger partial charge in [-0.3, -0.25) is 0 Å². The van der Waals surface area contributed by atoms with Crippen LogP contribution in [0.5, 0.6) is 0 Å². The molecule has 5 aromatic rings. The smallest absolute Gasteiger partial charge is 0.340 e. The van der Waals surface area contributed by atoms with Crippen molar-refractivity contribution >= 4 is 33.5 Å². The first-order valence-corrected chi connectivity index (χ1v) is 11.9. The van der Waals surface area contributed by atoms with Crippen molar-refractivity contribution in [3.05, 3.63) is 100 Å². The number of aromatic nitrogens is 2. The second-order valence-corrected chi connectivity index (χ2v) is 9.77. The van der Waals surface area contributed by atoms with Gasteiger partial charge in [-0.1, -0.05) is 42.5 Å². The second-order valence-electron chi connectivity index (χ2n) is 9.77. The van der Waals surface area contributed by atoms with Crippen LogP contribution in [-0.4, -0.2) is 29.2 Å².